The van der Waals surface area contributed by atoms with Gasteiger partial charge < -0.3 is 5.11 Å². The lowest BCUT2D eigenvalue weighted by molar-refractivity contribution is -0.0821. The van der Waals surface area contributed by atoms with Crippen molar-refractivity contribution >= 4 is 0 Å². The van der Waals surface area contributed by atoms with E-state index >= 15 is 0 Å². The summed E-state index contributed by atoms with van der Waals surface area (Å²) in [5, 5.41) is 10.3. The molecule has 9 atom stereocenters. The SMILES string of the molecule is CCC1CCC2C(CCC3C2CCC2(C)C(C(C)O)CCC32)C1. The smallest absolute Gasteiger partial charge is 0.0545 e. The van der Waals surface area contributed by atoms with Crippen LogP contribution >= 0.6 is 0 Å². The number of rotatable bonds is 2. The highest BCUT2D eigenvalue weighted by Gasteiger charge is 2.57. The second kappa shape index (κ2) is 6.04. The molecule has 9 unspecified atom stereocenters. The molecule has 0 amide bonds. The first-order valence-corrected chi connectivity index (χ1v) is 10.7. The largest absolute Gasteiger partial charge is 0.393 e. The number of aliphatic hydroxyl groups excluding tert-OH is 1. The highest BCUT2D eigenvalue weighted by molar-refractivity contribution is 5.06. The van der Waals surface area contributed by atoms with Gasteiger partial charge in [0.05, 0.1) is 6.10 Å². The molecule has 4 fully saturated rings. The van der Waals surface area contributed by atoms with Gasteiger partial charge in [0, 0.05) is 0 Å². The fraction of sp³-hybridized carbons (Fsp3) is 1.00. The zero-order valence-corrected chi connectivity index (χ0v) is 15.6. The van der Waals surface area contributed by atoms with Crippen LogP contribution in [-0.4, -0.2) is 11.2 Å². The third-order valence-corrected chi connectivity index (χ3v) is 9.30. The molecule has 0 bridgehead atoms. The van der Waals surface area contributed by atoms with Crippen LogP contribution in [0.1, 0.15) is 85.0 Å². The maximum Gasteiger partial charge on any atom is 0.0545 e. The minimum Gasteiger partial charge on any atom is -0.393 e. The van der Waals surface area contributed by atoms with Crippen LogP contribution in [0.4, 0.5) is 0 Å². The van der Waals surface area contributed by atoms with Gasteiger partial charge in [-0.05, 0) is 105 Å². The fourth-order valence-corrected chi connectivity index (χ4v) is 8.15. The van der Waals surface area contributed by atoms with Crippen LogP contribution in [-0.2, 0) is 0 Å². The van der Waals surface area contributed by atoms with Crippen molar-refractivity contribution in [2.45, 2.75) is 91.1 Å². The molecule has 4 saturated carbocycles. The van der Waals surface area contributed by atoms with Gasteiger partial charge in [0.25, 0.3) is 0 Å². The van der Waals surface area contributed by atoms with Gasteiger partial charge in [0.1, 0.15) is 0 Å². The molecule has 0 radical (unpaired) electrons. The first-order valence-electron chi connectivity index (χ1n) is 10.7. The monoisotopic (exact) mass is 318 g/mol. The van der Waals surface area contributed by atoms with E-state index in [0.717, 1.165) is 35.5 Å². The lowest BCUT2D eigenvalue weighted by atomic mass is 9.49. The first kappa shape index (κ1) is 16.4. The summed E-state index contributed by atoms with van der Waals surface area (Å²) < 4.78 is 0. The van der Waals surface area contributed by atoms with Crippen LogP contribution in [0.15, 0.2) is 0 Å². The van der Waals surface area contributed by atoms with Gasteiger partial charge in [-0.3, -0.25) is 0 Å². The zero-order chi connectivity index (χ0) is 16.2. The summed E-state index contributed by atoms with van der Waals surface area (Å²) in [6.45, 7) is 6.99. The molecule has 1 nitrogen and oxygen atoms in total. The number of hydrogen-bond acceptors (Lipinski definition) is 1. The Morgan fingerprint density at radius 3 is 2.48 bits per heavy atom. The zero-order valence-electron chi connectivity index (χ0n) is 15.6. The maximum atomic E-state index is 10.3. The summed E-state index contributed by atoms with van der Waals surface area (Å²) in [5.41, 5.74) is 0.447. The third kappa shape index (κ3) is 2.52. The van der Waals surface area contributed by atoms with Gasteiger partial charge in [-0.2, -0.15) is 0 Å². The molecule has 0 heterocycles. The van der Waals surface area contributed by atoms with Gasteiger partial charge >= 0.3 is 0 Å². The molecule has 0 aliphatic heterocycles. The molecular formula is C22H38O. The Hall–Kier alpha value is -0.0400. The minimum atomic E-state index is -0.0992. The number of fused-ring (bicyclic) bond motifs is 5. The second-order valence-corrected chi connectivity index (χ2v) is 9.99. The lowest BCUT2D eigenvalue weighted by Crippen LogP contribution is -2.49. The van der Waals surface area contributed by atoms with Crippen molar-refractivity contribution in [3.63, 3.8) is 0 Å². The average Bonchev–Trinajstić information content (AvgIpc) is 2.91. The Balaban J connectivity index is 1.52. The summed E-state index contributed by atoms with van der Waals surface area (Å²) in [5.74, 6) is 6.69. The molecule has 0 spiro atoms. The van der Waals surface area contributed by atoms with E-state index in [2.05, 4.69) is 13.8 Å². The van der Waals surface area contributed by atoms with Crippen LogP contribution in [0.25, 0.3) is 0 Å². The maximum absolute atomic E-state index is 10.3. The van der Waals surface area contributed by atoms with E-state index in [1.54, 1.807) is 6.42 Å². The van der Waals surface area contributed by atoms with Crippen LogP contribution in [0.5, 0.6) is 0 Å². The molecule has 0 aromatic heterocycles. The molecule has 0 saturated heterocycles. The van der Waals surface area contributed by atoms with E-state index in [4.69, 9.17) is 0 Å². The van der Waals surface area contributed by atoms with Crippen molar-refractivity contribution in [2.75, 3.05) is 0 Å². The van der Waals surface area contributed by atoms with Crippen LogP contribution in [0.2, 0.25) is 0 Å². The Kier molecular flexibility index (Phi) is 4.32. The standard InChI is InChI=1S/C22H38O/c1-4-15-5-7-17-16(13-15)6-8-19-18(17)11-12-22(3)20(14(2)23)9-10-21(19)22/h14-21,23H,4-13H2,1-3H3. The highest BCUT2D eigenvalue weighted by atomic mass is 16.3. The van der Waals surface area contributed by atoms with Crippen molar-refractivity contribution in [3.05, 3.63) is 0 Å². The van der Waals surface area contributed by atoms with E-state index in [-0.39, 0.29) is 6.10 Å². The van der Waals surface area contributed by atoms with E-state index < -0.39 is 0 Å². The summed E-state index contributed by atoms with van der Waals surface area (Å²) in [6, 6.07) is 0. The predicted octanol–water partition coefficient (Wildman–Crippen LogP) is 5.66. The number of aliphatic hydroxyl groups is 1. The Morgan fingerprint density at radius 2 is 1.74 bits per heavy atom. The van der Waals surface area contributed by atoms with E-state index in [1.807, 2.05) is 6.92 Å². The van der Waals surface area contributed by atoms with Gasteiger partial charge in [0.15, 0.2) is 0 Å². The first-order chi connectivity index (χ1) is 11.0. The summed E-state index contributed by atoms with van der Waals surface area (Å²) in [4.78, 5) is 0. The van der Waals surface area contributed by atoms with Crippen molar-refractivity contribution in [2.24, 2.45) is 46.8 Å². The number of hydrogen-bond donors (Lipinski definition) is 1. The van der Waals surface area contributed by atoms with Crippen LogP contribution < -0.4 is 0 Å². The summed E-state index contributed by atoms with van der Waals surface area (Å²) in [6.07, 6.45) is 14.5. The van der Waals surface area contributed by atoms with Crippen LogP contribution in [0.3, 0.4) is 0 Å². The lowest BCUT2D eigenvalue weighted by Gasteiger charge is -2.56. The van der Waals surface area contributed by atoms with E-state index in [9.17, 15) is 5.11 Å². The molecule has 23 heavy (non-hydrogen) atoms. The Labute approximate surface area is 143 Å². The molecule has 0 aromatic rings. The topological polar surface area (TPSA) is 20.2 Å². The molecule has 4 aliphatic carbocycles. The summed E-state index contributed by atoms with van der Waals surface area (Å²) in [7, 11) is 0. The highest BCUT2D eigenvalue weighted by Crippen LogP contribution is 2.64. The molecule has 4 rings (SSSR count). The van der Waals surface area contributed by atoms with Gasteiger partial charge in [-0.1, -0.05) is 26.7 Å². The molecule has 1 heteroatoms. The molecule has 4 aliphatic rings. The molecular weight excluding hydrogens is 280 g/mol. The summed E-state index contributed by atoms with van der Waals surface area (Å²) >= 11 is 0. The fourth-order valence-electron chi connectivity index (χ4n) is 8.15. The molecule has 1 N–H and O–H groups in total. The molecule has 0 aromatic carbocycles. The van der Waals surface area contributed by atoms with E-state index in [1.165, 1.54) is 57.8 Å². The van der Waals surface area contributed by atoms with Gasteiger partial charge in [-0.25, -0.2) is 0 Å². The normalized spacial score (nSPS) is 54.0. The second-order valence-electron chi connectivity index (χ2n) is 9.99. The third-order valence-electron chi connectivity index (χ3n) is 9.30. The quantitative estimate of drug-likeness (QED) is 0.696. The van der Waals surface area contributed by atoms with Crippen molar-refractivity contribution in [1.82, 2.24) is 0 Å². The minimum absolute atomic E-state index is 0.0992. The van der Waals surface area contributed by atoms with Crippen molar-refractivity contribution < 1.29 is 5.11 Å². The van der Waals surface area contributed by atoms with Crippen molar-refractivity contribution in [3.8, 4) is 0 Å². The Bertz CT molecular complexity index is 430. The van der Waals surface area contributed by atoms with E-state index in [0.29, 0.717) is 11.3 Å². The van der Waals surface area contributed by atoms with Gasteiger partial charge in [0.2, 0.25) is 0 Å². The Morgan fingerprint density at radius 1 is 0.957 bits per heavy atom. The predicted molar refractivity (Wildman–Crippen MR) is 96.1 cm³/mol. The van der Waals surface area contributed by atoms with Crippen molar-refractivity contribution in [1.29, 1.82) is 0 Å². The van der Waals surface area contributed by atoms with Crippen LogP contribution in [0, 0.1) is 46.8 Å². The van der Waals surface area contributed by atoms with Gasteiger partial charge in [-0.15, -0.1) is 0 Å². The average molecular weight is 319 g/mol. The molecule has 132 valence electrons.